The lowest BCUT2D eigenvalue weighted by molar-refractivity contribution is -0.152. The molecular formula is C20H38IN3O4. The molecule has 0 aromatic rings. The van der Waals surface area contributed by atoms with E-state index in [-0.39, 0.29) is 48.7 Å². The molecule has 164 valence electrons. The molecular weight excluding hydrogens is 473 g/mol. The zero-order valence-electron chi connectivity index (χ0n) is 17.9. The maximum absolute atomic E-state index is 11.9. The van der Waals surface area contributed by atoms with Crippen LogP contribution in [0, 0.1) is 0 Å². The summed E-state index contributed by atoms with van der Waals surface area (Å²) in [5.74, 6) is 0.473. The summed E-state index contributed by atoms with van der Waals surface area (Å²) >= 11 is 0. The van der Waals surface area contributed by atoms with E-state index in [2.05, 4.69) is 15.2 Å². The van der Waals surface area contributed by atoms with E-state index in [0.29, 0.717) is 6.61 Å². The van der Waals surface area contributed by atoms with Crippen LogP contribution in [0.5, 0.6) is 0 Å². The summed E-state index contributed by atoms with van der Waals surface area (Å²) in [5, 5.41) is 3.28. The number of piperidine rings is 1. The third kappa shape index (κ3) is 9.73. The highest BCUT2D eigenvalue weighted by atomic mass is 127. The normalized spacial score (nSPS) is 21.8. The molecule has 28 heavy (non-hydrogen) atoms. The standard InChI is InChI=1S/C20H37N3O4.HI/c1-5-21-19(22-14-18(24)27-20(2,3)4)23-11-9-16(10-12-23)26-15-17-8-6-7-13-25-17;/h16-17H,5-15H2,1-4H3,(H,21,22);1H. The Balaban J connectivity index is 0.00000392. The van der Waals surface area contributed by atoms with Gasteiger partial charge < -0.3 is 24.4 Å². The number of carbonyl (C=O) groups excluding carboxylic acids is 1. The molecule has 2 aliphatic heterocycles. The van der Waals surface area contributed by atoms with Crippen LogP contribution < -0.4 is 5.32 Å². The molecule has 8 heteroatoms. The quantitative estimate of drug-likeness (QED) is 0.256. The number of rotatable bonds is 6. The van der Waals surface area contributed by atoms with Gasteiger partial charge in [0.2, 0.25) is 0 Å². The van der Waals surface area contributed by atoms with Crippen molar-refractivity contribution >= 4 is 35.9 Å². The minimum absolute atomic E-state index is 0. The maximum atomic E-state index is 11.9. The maximum Gasteiger partial charge on any atom is 0.328 e. The van der Waals surface area contributed by atoms with E-state index < -0.39 is 5.60 Å². The fourth-order valence-corrected chi connectivity index (χ4v) is 3.36. The van der Waals surface area contributed by atoms with Crippen LogP contribution >= 0.6 is 24.0 Å². The number of aliphatic imine (C=N–C) groups is 1. The average molecular weight is 511 g/mol. The molecule has 2 rings (SSSR count). The number of halogens is 1. The van der Waals surface area contributed by atoms with Crippen LogP contribution in [0.3, 0.4) is 0 Å². The minimum Gasteiger partial charge on any atom is -0.459 e. The van der Waals surface area contributed by atoms with E-state index >= 15 is 0 Å². The monoisotopic (exact) mass is 511 g/mol. The summed E-state index contributed by atoms with van der Waals surface area (Å²) in [6.45, 7) is 11.7. The highest BCUT2D eigenvalue weighted by Crippen LogP contribution is 2.18. The van der Waals surface area contributed by atoms with Gasteiger partial charge in [-0.1, -0.05) is 0 Å². The molecule has 0 saturated carbocycles. The van der Waals surface area contributed by atoms with Crippen molar-refractivity contribution in [1.82, 2.24) is 10.2 Å². The fraction of sp³-hybridized carbons (Fsp3) is 0.900. The first kappa shape index (κ1) is 25.4. The molecule has 0 spiro atoms. The molecule has 2 fully saturated rings. The summed E-state index contributed by atoms with van der Waals surface area (Å²) in [6, 6.07) is 0. The van der Waals surface area contributed by atoms with Crippen LogP contribution in [0.2, 0.25) is 0 Å². The van der Waals surface area contributed by atoms with Gasteiger partial charge in [-0.3, -0.25) is 4.79 Å². The molecule has 2 saturated heterocycles. The molecule has 0 bridgehead atoms. The third-order valence-corrected chi connectivity index (χ3v) is 4.65. The Labute approximate surface area is 187 Å². The van der Waals surface area contributed by atoms with E-state index in [4.69, 9.17) is 14.2 Å². The summed E-state index contributed by atoms with van der Waals surface area (Å²) in [4.78, 5) is 18.6. The van der Waals surface area contributed by atoms with E-state index in [1.165, 1.54) is 12.8 Å². The van der Waals surface area contributed by atoms with Gasteiger partial charge in [0.05, 0.1) is 18.8 Å². The second-order valence-corrected chi connectivity index (χ2v) is 8.26. The van der Waals surface area contributed by atoms with Gasteiger partial charge in [-0.15, -0.1) is 24.0 Å². The third-order valence-electron chi connectivity index (χ3n) is 4.65. The number of guanidine groups is 1. The predicted molar refractivity (Wildman–Crippen MR) is 121 cm³/mol. The number of nitrogens with zero attached hydrogens (tertiary/aromatic N) is 2. The van der Waals surface area contributed by atoms with Crippen LogP contribution in [0.15, 0.2) is 4.99 Å². The Hall–Kier alpha value is -0.610. The molecule has 2 heterocycles. The number of carbonyl (C=O) groups is 1. The smallest absolute Gasteiger partial charge is 0.328 e. The van der Waals surface area contributed by atoms with Crippen molar-refractivity contribution in [3.63, 3.8) is 0 Å². The molecule has 2 aliphatic rings. The van der Waals surface area contributed by atoms with Crippen LogP contribution in [0.4, 0.5) is 0 Å². The van der Waals surface area contributed by atoms with Gasteiger partial charge in [-0.2, -0.15) is 0 Å². The molecule has 0 radical (unpaired) electrons. The topological polar surface area (TPSA) is 72.4 Å². The van der Waals surface area contributed by atoms with Gasteiger partial charge in [0.25, 0.3) is 0 Å². The van der Waals surface area contributed by atoms with E-state index in [1.54, 1.807) is 0 Å². The molecule has 0 aromatic carbocycles. The van der Waals surface area contributed by atoms with E-state index in [0.717, 1.165) is 51.5 Å². The largest absolute Gasteiger partial charge is 0.459 e. The van der Waals surface area contributed by atoms with Crippen LogP contribution in [0.25, 0.3) is 0 Å². The van der Waals surface area contributed by atoms with Crippen molar-refractivity contribution in [2.24, 2.45) is 4.99 Å². The lowest BCUT2D eigenvalue weighted by Crippen LogP contribution is -2.47. The van der Waals surface area contributed by atoms with Crippen LogP contribution in [-0.4, -0.2) is 74.0 Å². The molecule has 1 N–H and O–H groups in total. The number of ether oxygens (including phenoxy) is 3. The minimum atomic E-state index is -0.483. The van der Waals surface area contributed by atoms with Crippen molar-refractivity contribution in [2.75, 3.05) is 39.4 Å². The first-order valence-electron chi connectivity index (χ1n) is 10.4. The Kier molecular flexibility index (Phi) is 11.7. The number of likely N-dealkylation sites (tertiary alicyclic amines) is 1. The Bertz CT molecular complexity index is 482. The summed E-state index contributed by atoms with van der Waals surface area (Å²) in [6.07, 6.45) is 6.00. The van der Waals surface area contributed by atoms with Crippen molar-refractivity contribution in [1.29, 1.82) is 0 Å². The second kappa shape index (κ2) is 12.8. The van der Waals surface area contributed by atoms with Gasteiger partial charge in [-0.25, -0.2) is 4.99 Å². The van der Waals surface area contributed by atoms with Gasteiger partial charge in [0.15, 0.2) is 5.96 Å². The first-order valence-corrected chi connectivity index (χ1v) is 10.4. The van der Waals surface area contributed by atoms with Gasteiger partial charge in [0.1, 0.15) is 12.1 Å². The predicted octanol–water partition coefficient (Wildman–Crippen LogP) is 2.96. The molecule has 0 amide bonds. The van der Waals surface area contributed by atoms with Crippen LogP contribution in [-0.2, 0) is 19.0 Å². The number of nitrogens with one attached hydrogen (secondary N) is 1. The Morgan fingerprint density at radius 3 is 2.50 bits per heavy atom. The molecule has 0 aromatic heterocycles. The average Bonchev–Trinajstić information content (AvgIpc) is 2.63. The lowest BCUT2D eigenvalue weighted by Gasteiger charge is -2.35. The van der Waals surface area contributed by atoms with Gasteiger partial charge in [0, 0.05) is 26.2 Å². The van der Waals surface area contributed by atoms with Crippen LogP contribution in [0.1, 0.15) is 59.8 Å². The molecule has 0 aliphatic carbocycles. The summed E-state index contributed by atoms with van der Waals surface area (Å²) in [7, 11) is 0. The summed E-state index contributed by atoms with van der Waals surface area (Å²) < 4.78 is 17.2. The Morgan fingerprint density at radius 2 is 1.93 bits per heavy atom. The highest BCUT2D eigenvalue weighted by Gasteiger charge is 2.24. The highest BCUT2D eigenvalue weighted by molar-refractivity contribution is 14.0. The Morgan fingerprint density at radius 1 is 1.21 bits per heavy atom. The lowest BCUT2D eigenvalue weighted by atomic mass is 10.1. The summed E-state index contributed by atoms with van der Waals surface area (Å²) in [5.41, 5.74) is -0.483. The first-order chi connectivity index (χ1) is 12.9. The van der Waals surface area contributed by atoms with E-state index in [9.17, 15) is 4.79 Å². The number of hydrogen-bond acceptors (Lipinski definition) is 5. The number of hydrogen-bond donors (Lipinski definition) is 1. The number of esters is 1. The second-order valence-electron chi connectivity index (χ2n) is 8.26. The molecule has 1 unspecified atom stereocenters. The molecule has 1 atom stereocenters. The SMILES string of the molecule is CCNC(=NCC(=O)OC(C)(C)C)N1CCC(OCC2CCCCO2)CC1.I. The fourth-order valence-electron chi connectivity index (χ4n) is 3.36. The van der Waals surface area contributed by atoms with Crippen molar-refractivity contribution in [2.45, 2.75) is 77.6 Å². The zero-order chi connectivity index (χ0) is 19.7. The van der Waals surface area contributed by atoms with E-state index in [1.807, 2.05) is 27.7 Å². The van der Waals surface area contributed by atoms with Crippen molar-refractivity contribution < 1.29 is 19.0 Å². The van der Waals surface area contributed by atoms with Crippen molar-refractivity contribution in [3.05, 3.63) is 0 Å². The van der Waals surface area contributed by atoms with Gasteiger partial charge >= 0.3 is 5.97 Å². The molecule has 7 nitrogen and oxygen atoms in total. The van der Waals surface area contributed by atoms with Crippen molar-refractivity contribution in [3.8, 4) is 0 Å². The van der Waals surface area contributed by atoms with Gasteiger partial charge in [-0.05, 0) is 59.8 Å². The zero-order valence-corrected chi connectivity index (χ0v) is 20.2.